The Morgan fingerprint density at radius 2 is 2.24 bits per heavy atom. The van der Waals surface area contributed by atoms with Gasteiger partial charge in [-0.1, -0.05) is 31.0 Å². The smallest absolute Gasteiger partial charge is 0.262 e. The fourth-order valence-corrected chi connectivity index (χ4v) is 5.09. The van der Waals surface area contributed by atoms with E-state index in [1.165, 1.54) is 4.31 Å². The summed E-state index contributed by atoms with van der Waals surface area (Å²) >= 11 is 6.09. The summed E-state index contributed by atoms with van der Waals surface area (Å²) in [6.45, 7) is 3.26. The van der Waals surface area contributed by atoms with Crippen LogP contribution in [0, 0.1) is 5.92 Å². The first kappa shape index (κ1) is 14.8. The highest BCUT2D eigenvalue weighted by Crippen LogP contribution is 2.30. The SMILES string of the molecule is CCCC1CCN(S(=O)(=O)c2c(Cl)nc3ccccn23)C1. The molecule has 3 rings (SSSR count). The van der Waals surface area contributed by atoms with Crippen molar-refractivity contribution in [3.63, 3.8) is 0 Å². The topological polar surface area (TPSA) is 54.7 Å². The summed E-state index contributed by atoms with van der Waals surface area (Å²) in [7, 11) is -3.60. The number of sulfonamides is 1. The van der Waals surface area contributed by atoms with E-state index in [0.717, 1.165) is 19.3 Å². The predicted molar refractivity (Wildman–Crippen MR) is 82.0 cm³/mol. The first-order valence-corrected chi connectivity index (χ1v) is 8.98. The lowest BCUT2D eigenvalue weighted by Gasteiger charge is -2.16. The number of pyridine rings is 1. The molecule has 0 aliphatic carbocycles. The molecule has 2 aromatic rings. The summed E-state index contributed by atoms with van der Waals surface area (Å²) in [5.74, 6) is 0.447. The molecule has 1 unspecified atom stereocenters. The summed E-state index contributed by atoms with van der Waals surface area (Å²) in [5.41, 5.74) is 0.547. The second kappa shape index (κ2) is 5.59. The third kappa shape index (κ3) is 2.56. The first-order valence-electron chi connectivity index (χ1n) is 7.16. The molecule has 1 fully saturated rings. The summed E-state index contributed by atoms with van der Waals surface area (Å²) in [6, 6.07) is 5.32. The number of halogens is 1. The molecule has 0 bridgehead atoms. The van der Waals surface area contributed by atoms with Gasteiger partial charge in [0.25, 0.3) is 10.0 Å². The monoisotopic (exact) mass is 327 g/mol. The van der Waals surface area contributed by atoms with Crippen LogP contribution in [0.2, 0.25) is 5.15 Å². The Labute approximate surface area is 129 Å². The lowest BCUT2D eigenvalue weighted by molar-refractivity contribution is 0.442. The number of nitrogens with zero attached hydrogens (tertiary/aromatic N) is 3. The molecule has 1 aliphatic rings. The zero-order chi connectivity index (χ0) is 15.0. The van der Waals surface area contributed by atoms with Crippen molar-refractivity contribution in [1.29, 1.82) is 0 Å². The second-order valence-electron chi connectivity index (χ2n) is 5.44. The van der Waals surface area contributed by atoms with Crippen molar-refractivity contribution < 1.29 is 8.42 Å². The van der Waals surface area contributed by atoms with Gasteiger partial charge in [-0.2, -0.15) is 4.31 Å². The molecular weight excluding hydrogens is 310 g/mol. The maximum atomic E-state index is 12.9. The lowest BCUT2D eigenvalue weighted by Crippen LogP contribution is -2.30. The lowest BCUT2D eigenvalue weighted by atomic mass is 10.0. The summed E-state index contributed by atoms with van der Waals surface area (Å²) in [4.78, 5) is 4.13. The molecule has 0 amide bonds. The third-order valence-corrected chi connectivity index (χ3v) is 6.24. The van der Waals surface area contributed by atoms with Crippen LogP contribution in [-0.2, 0) is 10.0 Å². The maximum Gasteiger partial charge on any atom is 0.262 e. The van der Waals surface area contributed by atoms with Gasteiger partial charge < -0.3 is 0 Å². The molecule has 5 nitrogen and oxygen atoms in total. The van der Waals surface area contributed by atoms with E-state index in [1.807, 2.05) is 6.07 Å². The Hall–Kier alpha value is -1.11. The Kier molecular flexibility index (Phi) is 3.94. The minimum Gasteiger partial charge on any atom is -0.288 e. The number of imidazole rings is 1. The maximum absolute atomic E-state index is 12.9. The van der Waals surface area contributed by atoms with E-state index >= 15 is 0 Å². The van der Waals surface area contributed by atoms with E-state index in [2.05, 4.69) is 11.9 Å². The van der Waals surface area contributed by atoms with Crippen LogP contribution in [0.1, 0.15) is 26.2 Å². The molecule has 21 heavy (non-hydrogen) atoms. The van der Waals surface area contributed by atoms with Gasteiger partial charge in [-0.3, -0.25) is 4.40 Å². The molecular formula is C14H18ClN3O2S. The van der Waals surface area contributed by atoms with E-state index in [-0.39, 0.29) is 10.2 Å². The van der Waals surface area contributed by atoms with E-state index in [9.17, 15) is 8.42 Å². The normalized spacial score (nSPS) is 20.4. The summed E-state index contributed by atoms with van der Waals surface area (Å²) in [5, 5.41) is 0.122. The minimum absolute atomic E-state index is 0.0418. The van der Waals surface area contributed by atoms with Crippen LogP contribution in [0.25, 0.3) is 5.65 Å². The molecule has 0 aromatic carbocycles. The zero-order valence-electron chi connectivity index (χ0n) is 11.9. The van der Waals surface area contributed by atoms with Gasteiger partial charge in [-0.05, 0) is 30.9 Å². The number of fused-ring (bicyclic) bond motifs is 1. The van der Waals surface area contributed by atoms with Crippen LogP contribution in [0.4, 0.5) is 0 Å². The molecule has 0 radical (unpaired) electrons. The Morgan fingerprint density at radius 1 is 1.43 bits per heavy atom. The van der Waals surface area contributed by atoms with Crippen molar-refractivity contribution in [2.24, 2.45) is 5.92 Å². The van der Waals surface area contributed by atoms with Crippen LogP contribution in [0.3, 0.4) is 0 Å². The van der Waals surface area contributed by atoms with E-state index < -0.39 is 10.0 Å². The molecule has 0 saturated carbocycles. The second-order valence-corrected chi connectivity index (χ2v) is 7.65. The van der Waals surface area contributed by atoms with Gasteiger partial charge in [-0.25, -0.2) is 13.4 Å². The summed E-state index contributed by atoms with van der Waals surface area (Å²) in [6.07, 6.45) is 4.74. The standard InChI is InChI=1S/C14H18ClN3O2S/c1-2-5-11-7-9-17(10-11)21(19,20)14-13(15)16-12-6-3-4-8-18(12)14/h3-4,6,8,11H,2,5,7,9-10H2,1H3. The molecule has 1 atom stereocenters. The highest BCUT2D eigenvalue weighted by Gasteiger charge is 2.35. The first-order chi connectivity index (χ1) is 10.0. The van der Waals surface area contributed by atoms with Crippen LogP contribution >= 0.6 is 11.6 Å². The van der Waals surface area contributed by atoms with Crippen molar-refractivity contribution in [2.75, 3.05) is 13.1 Å². The Balaban J connectivity index is 2.00. The van der Waals surface area contributed by atoms with Crippen molar-refractivity contribution in [3.8, 4) is 0 Å². The Bertz CT molecular complexity index is 757. The number of hydrogen-bond donors (Lipinski definition) is 0. The highest BCUT2D eigenvalue weighted by molar-refractivity contribution is 7.89. The molecule has 2 aromatic heterocycles. The molecule has 0 N–H and O–H groups in total. The fourth-order valence-electron chi connectivity index (χ4n) is 2.96. The average Bonchev–Trinajstić information content (AvgIpc) is 3.02. The van der Waals surface area contributed by atoms with Gasteiger partial charge in [0, 0.05) is 19.3 Å². The van der Waals surface area contributed by atoms with Crippen LogP contribution in [0.15, 0.2) is 29.4 Å². The van der Waals surface area contributed by atoms with E-state index in [4.69, 9.17) is 11.6 Å². The quantitative estimate of drug-likeness (QED) is 0.867. The fraction of sp³-hybridized carbons (Fsp3) is 0.500. The van der Waals surface area contributed by atoms with Crippen LogP contribution < -0.4 is 0 Å². The van der Waals surface area contributed by atoms with Crippen molar-refractivity contribution >= 4 is 27.3 Å². The zero-order valence-corrected chi connectivity index (χ0v) is 13.4. The number of hydrogen-bond acceptors (Lipinski definition) is 3. The van der Waals surface area contributed by atoms with Crippen molar-refractivity contribution in [2.45, 2.75) is 31.2 Å². The van der Waals surface area contributed by atoms with E-state index in [0.29, 0.717) is 24.7 Å². The van der Waals surface area contributed by atoms with Gasteiger partial charge in [0.1, 0.15) is 5.65 Å². The molecule has 0 spiro atoms. The van der Waals surface area contributed by atoms with Crippen molar-refractivity contribution in [1.82, 2.24) is 13.7 Å². The van der Waals surface area contributed by atoms with E-state index in [1.54, 1.807) is 22.7 Å². The minimum atomic E-state index is -3.60. The third-order valence-electron chi connectivity index (χ3n) is 3.98. The van der Waals surface area contributed by atoms with Crippen molar-refractivity contribution in [3.05, 3.63) is 29.5 Å². The number of rotatable bonds is 4. The van der Waals surface area contributed by atoms with Crippen LogP contribution in [0.5, 0.6) is 0 Å². The molecule has 1 aliphatic heterocycles. The molecule has 7 heteroatoms. The molecule has 3 heterocycles. The largest absolute Gasteiger partial charge is 0.288 e. The summed E-state index contributed by atoms with van der Waals surface area (Å²) < 4.78 is 28.8. The highest BCUT2D eigenvalue weighted by atomic mass is 35.5. The molecule has 114 valence electrons. The Morgan fingerprint density at radius 3 is 3.00 bits per heavy atom. The van der Waals surface area contributed by atoms with Gasteiger partial charge in [0.15, 0.2) is 10.2 Å². The molecule has 1 saturated heterocycles. The van der Waals surface area contributed by atoms with Gasteiger partial charge >= 0.3 is 0 Å². The number of aromatic nitrogens is 2. The average molecular weight is 328 g/mol. The van der Waals surface area contributed by atoms with Gasteiger partial charge in [0.2, 0.25) is 0 Å². The van der Waals surface area contributed by atoms with Gasteiger partial charge in [-0.15, -0.1) is 0 Å². The predicted octanol–water partition coefficient (Wildman–Crippen LogP) is 2.80. The van der Waals surface area contributed by atoms with Gasteiger partial charge in [0.05, 0.1) is 0 Å². The van der Waals surface area contributed by atoms with Crippen LogP contribution in [-0.4, -0.2) is 35.2 Å².